The van der Waals surface area contributed by atoms with Gasteiger partial charge in [-0.15, -0.1) is 0 Å². The summed E-state index contributed by atoms with van der Waals surface area (Å²) in [5, 5.41) is 0. The van der Waals surface area contributed by atoms with Crippen molar-refractivity contribution in [2.45, 2.75) is 25.4 Å². The standard InChI is InChI=1S/C15H18F3N3O/c16-15(17,18)12-4-5-13(19-8-12)21-9-11(10-21)14(22)20-6-2-1-3-7-20/h4-5,8,11H,1-3,6-7,9-10H2. The summed E-state index contributed by atoms with van der Waals surface area (Å²) >= 11 is 0. The molecule has 0 unspecified atom stereocenters. The number of rotatable bonds is 2. The van der Waals surface area contributed by atoms with Crippen LogP contribution in [0.5, 0.6) is 0 Å². The number of pyridine rings is 1. The predicted molar refractivity (Wildman–Crippen MR) is 75.4 cm³/mol. The first-order valence-electron chi connectivity index (χ1n) is 7.52. The van der Waals surface area contributed by atoms with Gasteiger partial charge in [-0.25, -0.2) is 4.98 Å². The first-order chi connectivity index (χ1) is 10.4. The van der Waals surface area contributed by atoms with Crippen molar-refractivity contribution >= 4 is 11.7 Å². The van der Waals surface area contributed by atoms with E-state index in [1.165, 1.54) is 12.5 Å². The number of amides is 1. The SMILES string of the molecule is O=C(C1CN(c2ccc(C(F)(F)F)cn2)C1)N1CCCCC1. The molecular formula is C15H18F3N3O. The summed E-state index contributed by atoms with van der Waals surface area (Å²) < 4.78 is 37.5. The van der Waals surface area contributed by atoms with Gasteiger partial charge in [0.05, 0.1) is 11.5 Å². The van der Waals surface area contributed by atoms with Gasteiger partial charge in [0, 0.05) is 32.4 Å². The lowest BCUT2D eigenvalue weighted by Gasteiger charge is -2.42. The Morgan fingerprint density at radius 2 is 1.82 bits per heavy atom. The van der Waals surface area contributed by atoms with Gasteiger partial charge in [0.1, 0.15) is 5.82 Å². The Hall–Kier alpha value is -1.79. The summed E-state index contributed by atoms with van der Waals surface area (Å²) in [5.41, 5.74) is -0.752. The molecule has 0 N–H and O–H groups in total. The van der Waals surface area contributed by atoms with Crippen LogP contribution in [0.4, 0.5) is 19.0 Å². The van der Waals surface area contributed by atoms with Gasteiger partial charge in [-0.2, -0.15) is 13.2 Å². The average Bonchev–Trinajstić information content (AvgIpc) is 2.46. The molecule has 22 heavy (non-hydrogen) atoms. The number of piperidine rings is 1. The fraction of sp³-hybridized carbons (Fsp3) is 0.600. The van der Waals surface area contributed by atoms with Crippen LogP contribution in [0.3, 0.4) is 0 Å². The molecule has 1 aromatic rings. The summed E-state index contributed by atoms with van der Waals surface area (Å²) in [5.74, 6) is 0.612. The molecule has 4 nitrogen and oxygen atoms in total. The third kappa shape index (κ3) is 3.03. The van der Waals surface area contributed by atoms with Crippen molar-refractivity contribution in [1.82, 2.24) is 9.88 Å². The highest BCUT2D eigenvalue weighted by Crippen LogP contribution is 2.31. The first-order valence-corrected chi connectivity index (χ1v) is 7.52. The summed E-state index contributed by atoms with van der Waals surface area (Å²) in [7, 11) is 0. The smallest absolute Gasteiger partial charge is 0.355 e. The second-order valence-corrected chi connectivity index (χ2v) is 5.89. The third-order valence-electron chi connectivity index (χ3n) is 4.30. The van der Waals surface area contributed by atoms with Gasteiger partial charge >= 0.3 is 6.18 Å². The fourth-order valence-electron chi connectivity index (χ4n) is 2.94. The van der Waals surface area contributed by atoms with Crippen molar-refractivity contribution < 1.29 is 18.0 Å². The Balaban J connectivity index is 1.55. The molecule has 3 heterocycles. The number of aromatic nitrogens is 1. The van der Waals surface area contributed by atoms with Crippen molar-refractivity contribution in [1.29, 1.82) is 0 Å². The van der Waals surface area contributed by atoms with E-state index in [4.69, 9.17) is 0 Å². The van der Waals surface area contributed by atoms with Crippen LogP contribution in [0.25, 0.3) is 0 Å². The Morgan fingerprint density at radius 3 is 2.36 bits per heavy atom. The van der Waals surface area contributed by atoms with Crippen LogP contribution in [0.1, 0.15) is 24.8 Å². The van der Waals surface area contributed by atoms with Crippen LogP contribution in [0, 0.1) is 5.92 Å². The second-order valence-electron chi connectivity index (χ2n) is 5.89. The van der Waals surface area contributed by atoms with Crippen molar-refractivity contribution in [2.24, 2.45) is 5.92 Å². The zero-order valence-corrected chi connectivity index (χ0v) is 12.1. The van der Waals surface area contributed by atoms with E-state index in [1.807, 2.05) is 9.80 Å². The highest BCUT2D eigenvalue weighted by atomic mass is 19.4. The molecular weight excluding hydrogens is 295 g/mol. The third-order valence-corrected chi connectivity index (χ3v) is 4.30. The van der Waals surface area contributed by atoms with Gasteiger partial charge in [-0.05, 0) is 31.4 Å². The van der Waals surface area contributed by atoms with E-state index in [2.05, 4.69) is 4.98 Å². The highest BCUT2D eigenvalue weighted by molar-refractivity contribution is 5.82. The van der Waals surface area contributed by atoms with E-state index in [-0.39, 0.29) is 11.8 Å². The monoisotopic (exact) mass is 313 g/mol. The lowest BCUT2D eigenvalue weighted by atomic mass is 9.97. The number of alkyl halides is 3. The average molecular weight is 313 g/mol. The van der Waals surface area contributed by atoms with Gasteiger partial charge < -0.3 is 9.80 Å². The Morgan fingerprint density at radius 1 is 1.14 bits per heavy atom. The first kappa shape index (κ1) is 15.1. The van der Waals surface area contributed by atoms with Crippen LogP contribution in [-0.2, 0) is 11.0 Å². The number of nitrogens with zero attached hydrogens (tertiary/aromatic N) is 3. The van der Waals surface area contributed by atoms with E-state index in [0.29, 0.717) is 18.9 Å². The van der Waals surface area contributed by atoms with Gasteiger partial charge in [0.2, 0.25) is 5.91 Å². The Bertz CT molecular complexity index is 532. The maximum absolute atomic E-state index is 12.5. The number of hydrogen-bond acceptors (Lipinski definition) is 3. The van der Waals surface area contributed by atoms with Crippen LogP contribution >= 0.6 is 0 Å². The minimum Gasteiger partial charge on any atom is -0.355 e. The van der Waals surface area contributed by atoms with Gasteiger partial charge in [0.25, 0.3) is 0 Å². The molecule has 3 rings (SSSR count). The van der Waals surface area contributed by atoms with E-state index < -0.39 is 11.7 Å². The van der Waals surface area contributed by atoms with Crippen LogP contribution in [-0.4, -0.2) is 42.0 Å². The molecule has 0 aromatic carbocycles. The summed E-state index contributed by atoms with van der Waals surface area (Å²) in [6.45, 7) is 2.73. The lowest BCUT2D eigenvalue weighted by molar-refractivity contribution is -0.138. The molecule has 1 aromatic heterocycles. The lowest BCUT2D eigenvalue weighted by Crippen LogP contribution is -2.55. The molecule has 2 saturated heterocycles. The molecule has 7 heteroatoms. The number of anilines is 1. The zero-order valence-electron chi connectivity index (χ0n) is 12.1. The quantitative estimate of drug-likeness (QED) is 0.842. The van der Waals surface area contributed by atoms with E-state index in [9.17, 15) is 18.0 Å². The maximum atomic E-state index is 12.5. The van der Waals surface area contributed by atoms with Crippen molar-refractivity contribution in [3.63, 3.8) is 0 Å². The van der Waals surface area contributed by atoms with Crippen molar-refractivity contribution in [3.05, 3.63) is 23.9 Å². The number of carbonyl (C=O) groups excluding carboxylic acids is 1. The molecule has 120 valence electrons. The molecule has 0 atom stereocenters. The zero-order chi connectivity index (χ0) is 15.7. The van der Waals surface area contributed by atoms with Gasteiger partial charge in [-0.3, -0.25) is 4.79 Å². The van der Waals surface area contributed by atoms with Crippen LogP contribution in [0.2, 0.25) is 0 Å². The second kappa shape index (κ2) is 5.78. The summed E-state index contributed by atoms with van der Waals surface area (Å²) in [6.07, 6.45) is -0.232. The summed E-state index contributed by atoms with van der Waals surface area (Å²) in [6, 6.07) is 2.40. The number of hydrogen-bond donors (Lipinski definition) is 0. The van der Waals surface area contributed by atoms with E-state index in [0.717, 1.165) is 38.2 Å². The molecule has 0 spiro atoms. The number of likely N-dealkylation sites (tertiary alicyclic amines) is 1. The normalized spacial score (nSPS) is 20.0. The van der Waals surface area contributed by atoms with Crippen molar-refractivity contribution in [3.8, 4) is 0 Å². The van der Waals surface area contributed by atoms with Gasteiger partial charge in [-0.1, -0.05) is 0 Å². The minimum atomic E-state index is -4.37. The largest absolute Gasteiger partial charge is 0.417 e. The maximum Gasteiger partial charge on any atom is 0.417 e. The Labute approximate surface area is 126 Å². The van der Waals surface area contributed by atoms with Crippen molar-refractivity contribution in [2.75, 3.05) is 31.1 Å². The predicted octanol–water partition coefficient (Wildman–Crippen LogP) is 2.55. The van der Waals surface area contributed by atoms with E-state index in [1.54, 1.807) is 0 Å². The summed E-state index contributed by atoms with van der Waals surface area (Å²) in [4.78, 5) is 19.9. The molecule has 0 radical (unpaired) electrons. The topological polar surface area (TPSA) is 36.4 Å². The minimum absolute atomic E-state index is 0.0535. The van der Waals surface area contributed by atoms with Gasteiger partial charge in [0.15, 0.2) is 0 Å². The molecule has 2 aliphatic heterocycles. The molecule has 2 aliphatic rings. The van der Waals surface area contributed by atoms with E-state index >= 15 is 0 Å². The fourth-order valence-corrected chi connectivity index (χ4v) is 2.94. The Kier molecular flexibility index (Phi) is 3.97. The number of halogens is 3. The van der Waals surface area contributed by atoms with Crippen LogP contribution in [0.15, 0.2) is 18.3 Å². The molecule has 0 saturated carbocycles. The molecule has 0 aliphatic carbocycles. The number of carbonyl (C=O) groups is 1. The molecule has 1 amide bonds. The highest BCUT2D eigenvalue weighted by Gasteiger charge is 2.37. The molecule has 0 bridgehead atoms. The van der Waals surface area contributed by atoms with Crippen LogP contribution < -0.4 is 4.90 Å². The molecule has 2 fully saturated rings.